The van der Waals surface area contributed by atoms with E-state index in [1.165, 1.54) is 5.56 Å². The highest BCUT2D eigenvalue weighted by molar-refractivity contribution is 5.97. The molecule has 1 aromatic heterocycles. The lowest BCUT2D eigenvalue weighted by Gasteiger charge is -2.43. The molecule has 2 amide bonds. The molecule has 7 nitrogen and oxygen atoms in total. The Morgan fingerprint density at radius 2 is 1.69 bits per heavy atom. The second-order valence-electron chi connectivity index (χ2n) is 10.9. The van der Waals surface area contributed by atoms with Crippen LogP contribution in [0.2, 0.25) is 0 Å². The van der Waals surface area contributed by atoms with Crippen molar-refractivity contribution in [2.24, 2.45) is 17.8 Å². The van der Waals surface area contributed by atoms with E-state index in [4.69, 9.17) is 5.26 Å². The number of aromatic nitrogens is 1. The van der Waals surface area contributed by atoms with Gasteiger partial charge in [0.1, 0.15) is 11.8 Å². The number of nitriles is 1. The highest BCUT2D eigenvalue weighted by Gasteiger charge is 2.43. The summed E-state index contributed by atoms with van der Waals surface area (Å²) < 4.78 is 0. The Hall–Kier alpha value is -3.24. The van der Waals surface area contributed by atoms with Gasteiger partial charge in [-0.1, -0.05) is 30.3 Å². The van der Waals surface area contributed by atoms with Crippen LogP contribution in [0.1, 0.15) is 52.1 Å². The van der Waals surface area contributed by atoms with E-state index in [2.05, 4.69) is 46.3 Å². The molecule has 0 N–H and O–H groups in total. The molecule has 0 spiro atoms. The first-order valence-electron chi connectivity index (χ1n) is 13.0. The van der Waals surface area contributed by atoms with Crippen LogP contribution < -0.4 is 0 Å². The average molecular weight is 486 g/mol. The zero-order chi connectivity index (χ0) is 25.4. The molecule has 188 valence electrons. The summed E-state index contributed by atoms with van der Waals surface area (Å²) in [5, 5.41) is 9.16. The lowest BCUT2D eigenvalue weighted by molar-refractivity contribution is -0.135. The van der Waals surface area contributed by atoms with Crippen molar-refractivity contribution >= 4 is 11.8 Å². The molecule has 0 bridgehead atoms. The topological polar surface area (TPSA) is 80.5 Å². The maximum Gasteiger partial charge on any atom is 0.255 e. The maximum absolute atomic E-state index is 13.3. The molecule has 0 radical (unpaired) electrons. The number of hydrogen-bond donors (Lipinski definition) is 0. The Morgan fingerprint density at radius 1 is 1.03 bits per heavy atom. The van der Waals surface area contributed by atoms with E-state index < -0.39 is 0 Å². The van der Waals surface area contributed by atoms with E-state index in [0.29, 0.717) is 40.6 Å². The van der Waals surface area contributed by atoms with Crippen LogP contribution in [0.5, 0.6) is 0 Å². The van der Waals surface area contributed by atoms with Gasteiger partial charge in [0.2, 0.25) is 5.91 Å². The van der Waals surface area contributed by atoms with Gasteiger partial charge in [-0.15, -0.1) is 0 Å². The Bertz CT molecular complexity index is 1150. The van der Waals surface area contributed by atoms with Crippen LogP contribution >= 0.6 is 0 Å². The number of rotatable bonds is 6. The van der Waals surface area contributed by atoms with Crippen LogP contribution in [-0.4, -0.2) is 77.3 Å². The number of benzene rings is 1. The molecule has 3 saturated heterocycles. The summed E-state index contributed by atoms with van der Waals surface area (Å²) in [5.41, 5.74) is 3.86. The maximum atomic E-state index is 13.3. The number of carbonyl (C=O) groups excluding carboxylic acids is 2. The van der Waals surface area contributed by atoms with E-state index in [0.717, 1.165) is 57.8 Å². The second-order valence-corrected chi connectivity index (χ2v) is 10.9. The molecular weight excluding hydrogens is 450 g/mol. The molecule has 3 unspecified atom stereocenters. The van der Waals surface area contributed by atoms with Gasteiger partial charge in [-0.05, 0) is 61.8 Å². The Labute approximate surface area is 213 Å². The molecule has 3 aliphatic rings. The van der Waals surface area contributed by atoms with E-state index >= 15 is 0 Å². The zero-order valence-electron chi connectivity index (χ0n) is 21.5. The number of carbonyl (C=O) groups is 2. The van der Waals surface area contributed by atoms with Crippen molar-refractivity contribution in [1.29, 1.82) is 5.26 Å². The summed E-state index contributed by atoms with van der Waals surface area (Å²) in [4.78, 5) is 35.8. The van der Waals surface area contributed by atoms with Gasteiger partial charge < -0.3 is 14.7 Å². The molecule has 0 aliphatic carbocycles. The molecule has 0 saturated carbocycles. The van der Waals surface area contributed by atoms with Crippen molar-refractivity contribution in [3.05, 3.63) is 64.5 Å². The number of nitrogens with zero attached hydrogens (tertiary/aromatic N) is 5. The molecule has 2 aromatic rings. The van der Waals surface area contributed by atoms with Crippen molar-refractivity contribution in [3.63, 3.8) is 0 Å². The molecular formula is C29H35N5O2. The number of hydrogen-bond acceptors (Lipinski definition) is 5. The predicted octanol–water partition coefficient (Wildman–Crippen LogP) is 3.23. The Balaban J connectivity index is 1.18. The fraction of sp³-hybridized carbons (Fsp3) is 0.517. The molecule has 3 atom stereocenters. The van der Waals surface area contributed by atoms with E-state index in [1.807, 2.05) is 23.6 Å². The smallest absolute Gasteiger partial charge is 0.255 e. The molecule has 3 fully saturated rings. The Morgan fingerprint density at radius 3 is 2.28 bits per heavy atom. The standard InChI is InChI=1S/C29H35N5O2/c1-19-11-26(12-30)31-20(2)28(19)29(36)34-15-23-13-32(14-24(23)16-34)10-9-27(22-7-5-4-6-8-22)25-17-33(18-25)21(3)35/h4-8,11,23-25,27H,9-10,13-18H2,1-3H3. The monoisotopic (exact) mass is 485 g/mol. The van der Waals surface area contributed by atoms with Crippen molar-refractivity contribution in [2.45, 2.75) is 33.1 Å². The van der Waals surface area contributed by atoms with Crippen molar-refractivity contribution < 1.29 is 9.59 Å². The molecule has 3 aliphatic heterocycles. The van der Waals surface area contributed by atoms with E-state index in [1.54, 1.807) is 13.0 Å². The highest BCUT2D eigenvalue weighted by atomic mass is 16.2. The minimum Gasteiger partial charge on any atom is -0.342 e. The minimum absolute atomic E-state index is 0.0482. The molecule has 36 heavy (non-hydrogen) atoms. The Kier molecular flexibility index (Phi) is 6.81. The molecule has 5 rings (SSSR count). The van der Waals surface area contributed by atoms with Crippen molar-refractivity contribution in [3.8, 4) is 6.07 Å². The third kappa shape index (κ3) is 4.75. The minimum atomic E-state index is 0.0482. The fourth-order valence-corrected chi connectivity index (χ4v) is 6.53. The van der Waals surface area contributed by atoms with Gasteiger partial charge in [0, 0.05) is 52.1 Å². The fourth-order valence-electron chi connectivity index (χ4n) is 6.53. The predicted molar refractivity (Wildman–Crippen MR) is 137 cm³/mol. The van der Waals surface area contributed by atoms with Crippen molar-refractivity contribution in [2.75, 3.05) is 45.8 Å². The first kappa shape index (κ1) is 24.5. The molecule has 4 heterocycles. The van der Waals surface area contributed by atoms with E-state index in [-0.39, 0.29) is 11.8 Å². The quantitative estimate of drug-likeness (QED) is 0.628. The van der Waals surface area contributed by atoms with Crippen molar-refractivity contribution in [1.82, 2.24) is 19.7 Å². The summed E-state index contributed by atoms with van der Waals surface area (Å²) >= 11 is 0. The van der Waals surface area contributed by atoms with Gasteiger partial charge in [0.25, 0.3) is 5.91 Å². The van der Waals surface area contributed by atoms with Gasteiger partial charge in [-0.2, -0.15) is 5.26 Å². The number of fused-ring (bicyclic) bond motifs is 1. The lowest BCUT2D eigenvalue weighted by atomic mass is 9.79. The number of likely N-dealkylation sites (tertiary alicyclic amines) is 3. The SMILES string of the molecule is CC(=O)N1CC(C(CCN2CC3CN(C(=O)c4c(C)cc(C#N)nc4C)CC3C2)c2ccccc2)C1. The molecule has 1 aromatic carbocycles. The van der Waals surface area contributed by atoms with Gasteiger partial charge in [-0.25, -0.2) is 4.98 Å². The van der Waals surface area contributed by atoms with Gasteiger partial charge in [0.05, 0.1) is 11.3 Å². The summed E-state index contributed by atoms with van der Waals surface area (Å²) in [6.07, 6.45) is 1.10. The number of aryl methyl sites for hydroxylation is 2. The normalized spacial score (nSPS) is 22.7. The van der Waals surface area contributed by atoms with Crippen LogP contribution in [0.25, 0.3) is 0 Å². The summed E-state index contributed by atoms with van der Waals surface area (Å²) in [6, 6.07) is 14.5. The summed E-state index contributed by atoms with van der Waals surface area (Å²) in [5.74, 6) is 2.23. The molecule has 7 heteroatoms. The largest absolute Gasteiger partial charge is 0.342 e. The van der Waals surface area contributed by atoms with E-state index in [9.17, 15) is 9.59 Å². The summed E-state index contributed by atoms with van der Waals surface area (Å²) in [6.45, 7) is 11.8. The van der Waals surface area contributed by atoms with Crippen LogP contribution in [0.3, 0.4) is 0 Å². The third-order valence-corrected chi connectivity index (χ3v) is 8.48. The highest BCUT2D eigenvalue weighted by Crippen LogP contribution is 2.37. The van der Waals surface area contributed by atoms with Crippen LogP contribution in [0, 0.1) is 42.9 Å². The second kappa shape index (κ2) is 10.0. The number of pyridine rings is 1. The van der Waals surface area contributed by atoms with Crippen LogP contribution in [-0.2, 0) is 4.79 Å². The van der Waals surface area contributed by atoms with Gasteiger partial charge >= 0.3 is 0 Å². The first-order chi connectivity index (χ1) is 17.3. The average Bonchev–Trinajstić information content (AvgIpc) is 3.39. The van der Waals surface area contributed by atoms with Gasteiger partial charge in [0.15, 0.2) is 0 Å². The lowest BCUT2D eigenvalue weighted by Crippen LogP contribution is -2.51. The van der Waals surface area contributed by atoms with Crippen LogP contribution in [0.15, 0.2) is 36.4 Å². The van der Waals surface area contributed by atoms with Crippen LogP contribution in [0.4, 0.5) is 0 Å². The first-order valence-corrected chi connectivity index (χ1v) is 13.0. The summed E-state index contributed by atoms with van der Waals surface area (Å²) in [7, 11) is 0. The van der Waals surface area contributed by atoms with Gasteiger partial charge in [-0.3, -0.25) is 9.59 Å². The zero-order valence-corrected chi connectivity index (χ0v) is 21.5. The third-order valence-electron chi connectivity index (χ3n) is 8.48. The number of amides is 2.